The number of fused-ring (bicyclic) bond motifs is 3. The highest BCUT2D eigenvalue weighted by atomic mass is 16.5. The molecular formula is C27H32N4O4. The summed E-state index contributed by atoms with van der Waals surface area (Å²) in [5, 5.41) is 0.692. The van der Waals surface area contributed by atoms with Crippen molar-refractivity contribution in [1.29, 1.82) is 0 Å². The van der Waals surface area contributed by atoms with Gasteiger partial charge in [-0.05, 0) is 50.1 Å². The molecular weight excluding hydrogens is 444 g/mol. The van der Waals surface area contributed by atoms with E-state index in [1.165, 1.54) is 4.57 Å². The van der Waals surface area contributed by atoms with E-state index in [4.69, 9.17) is 4.74 Å². The average molecular weight is 477 g/mol. The Labute approximate surface area is 204 Å². The highest BCUT2D eigenvalue weighted by Crippen LogP contribution is 2.29. The molecule has 0 bridgehead atoms. The monoisotopic (exact) mass is 476 g/mol. The van der Waals surface area contributed by atoms with Crippen LogP contribution in [-0.2, 0) is 18.4 Å². The number of ether oxygens (including phenoxy) is 1. The van der Waals surface area contributed by atoms with Crippen molar-refractivity contribution in [3.63, 3.8) is 0 Å². The summed E-state index contributed by atoms with van der Waals surface area (Å²) in [5.74, 6) is 0.461. The Kier molecular flexibility index (Phi) is 6.82. The van der Waals surface area contributed by atoms with E-state index in [0.717, 1.165) is 28.5 Å². The average Bonchev–Trinajstić information content (AvgIpc) is 3.14. The normalized spacial score (nSPS) is 11.3. The van der Waals surface area contributed by atoms with Crippen LogP contribution >= 0.6 is 0 Å². The number of carbonyl (C=O) groups is 1. The van der Waals surface area contributed by atoms with E-state index in [1.807, 2.05) is 51.1 Å². The molecule has 0 radical (unpaired) electrons. The van der Waals surface area contributed by atoms with Crippen LogP contribution in [0.2, 0.25) is 0 Å². The van der Waals surface area contributed by atoms with Crippen molar-refractivity contribution in [2.45, 2.75) is 40.2 Å². The molecule has 184 valence electrons. The molecule has 2 heterocycles. The number of aryl methyl sites for hydroxylation is 2. The van der Waals surface area contributed by atoms with Crippen LogP contribution in [0.3, 0.4) is 0 Å². The van der Waals surface area contributed by atoms with E-state index in [0.29, 0.717) is 40.9 Å². The second-order valence-corrected chi connectivity index (χ2v) is 8.86. The van der Waals surface area contributed by atoms with Gasteiger partial charge in [0, 0.05) is 25.5 Å². The van der Waals surface area contributed by atoms with Gasteiger partial charge < -0.3 is 14.2 Å². The third-order valence-electron chi connectivity index (χ3n) is 6.40. The van der Waals surface area contributed by atoms with Crippen molar-refractivity contribution in [2.24, 2.45) is 7.05 Å². The maximum Gasteiger partial charge on any atom is 0.336 e. The van der Waals surface area contributed by atoms with Crippen molar-refractivity contribution in [3.8, 4) is 11.4 Å². The van der Waals surface area contributed by atoms with Crippen LogP contribution in [0.25, 0.3) is 27.6 Å². The molecule has 2 aromatic carbocycles. The molecule has 0 unspecified atom stereocenters. The minimum Gasteiger partial charge on any atom is -0.497 e. The van der Waals surface area contributed by atoms with E-state index in [-0.39, 0.29) is 12.5 Å². The summed E-state index contributed by atoms with van der Waals surface area (Å²) in [7, 11) is 3.37. The number of nitrogens with zero attached hydrogens (tertiary/aromatic N) is 4. The molecule has 0 fully saturated rings. The lowest BCUT2D eigenvalue weighted by Gasteiger charge is -2.22. The topological polar surface area (TPSA) is 78.5 Å². The Morgan fingerprint density at radius 2 is 1.63 bits per heavy atom. The predicted octanol–water partition coefficient (Wildman–Crippen LogP) is 3.61. The molecule has 0 aliphatic carbocycles. The first kappa shape index (κ1) is 24.3. The van der Waals surface area contributed by atoms with Crippen LogP contribution in [0, 0.1) is 6.92 Å². The second kappa shape index (κ2) is 9.82. The van der Waals surface area contributed by atoms with E-state index in [9.17, 15) is 14.4 Å². The van der Waals surface area contributed by atoms with Crippen LogP contribution in [0.5, 0.6) is 5.75 Å². The molecule has 0 aliphatic rings. The molecule has 4 aromatic rings. The fourth-order valence-corrected chi connectivity index (χ4v) is 4.66. The highest BCUT2D eigenvalue weighted by molar-refractivity contribution is 6.06. The van der Waals surface area contributed by atoms with Gasteiger partial charge >= 0.3 is 5.69 Å². The third kappa shape index (κ3) is 4.24. The zero-order valence-corrected chi connectivity index (χ0v) is 21.0. The Balaban J connectivity index is 2.07. The molecule has 1 amide bonds. The highest BCUT2D eigenvalue weighted by Gasteiger charge is 2.24. The molecule has 2 aromatic heterocycles. The number of carbonyl (C=O) groups excluding carboxylic acids is 1. The predicted molar refractivity (Wildman–Crippen MR) is 139 cm³/mol. The third-order valence-corrected chi connectivity index (χ3v) is 6.40. The number of rotatable bonds is 8. The zero-order chi connectivity index (χ0) is 25.3. The van der Waals surface area contributed by atoms with Crippen molar-refractivity contribution < 1.29 is 9.53 Å². The number of benzene rings is 2. The van der Waals surface area contributed by atoms with Gasteiger partial charge in [0.05, 0.1) is 23.8 Å². The summed E-state index contributed by atoms with van der Waals surface area (Å²) in [6, 6.07) is 12.7. The van der Waals surface area contributed by atoms with Gasteiger partial charge in [-0.2, -0.15) is 0 Å². The summed E-state index contributed by atoms with van der Waals surface area (Å²) in [6.45, 7) is 7.07. The van der Waals surface area contributed by atoms with Crippen molar-refractivity contribution in [3.05, 3.63) is 68.9 Å². The first-order valence-electron chi connectivity index (χ1n) is 12.0. The fraction of sp³-hybridized carbons (Fsp3) is 0.370. The maximum absolute atomic E-state index is 13.9. The number of hydrogen-bond acceptors (Lipinski definition) is 4. The molecule has 0 aliphatic heterocycles. The van der Waals surface area contributed by atoms with Crippen LogP contribution in [0.1, 0.15) is 32.3 Å². The van der Waals surface area contributed by atoms with Gasteiger partial charge in [-0.15, -0.1) is 0 Å². The van der Waals surface area contributed by atoms with Crippen molar-refractivity contribution in [2.75, 3.05) is 20.2 Å². The summed E-state index contributed by atoms with van der Waals surface area (Å²) >= 11 is 0. The Morgan fingerprint density at radius 1 is 0.971 bits per heavy atom. The lowest BCUT2D eigenvalue weighted by molar-refractivity contribution is -0.131. The largest absolute Gasteiger partial charge is 0.497 e. The van der Waals surface area contributed by atoms with Crippen LogP contribution < -0.4 is 16.0 Å². The molecule has 0 spiro atoms. The quantitative estimate of drug-likeness (QED) is 0.389. The van der Waals surface area contributed by atoms with Crippen LogP contribution in [0.15, 0.2) is 52.1 Å². The second-order valence-electron chi connectivity index (χ2n) is 8.86. The van der Waals surface area contributed by atoms with Gasteiger partial charge in [0.2, 0.25) is 5.91 Å². The minimum atomic E-state index is -0.539. The Bertz CT molecular complexity index is 1500. The minimum absolute atomic E-state index is 0.147. The summed E-state index contributed by atoms with van der Waals surface area (Å²) in [4.78, 5) is 42.8. The maximum atomic E-state index is 13.9. The van der Waals surface area contributed by atoms with Crippen LogP contribution in [0.4, 0.5) is 0 Å². The number of amides is 1. The summed E-state index contributed by atoms with van der Waals surface area (Å²) < 4.78 is 9.80. The SMILES string of the molecule is CCCN(CCC)C(=O)Cn1c(=O)n(-c2ccc(C)cc2)c(=O)c2c1c1cc(OC)ccc1n2C. The van der Waals surface area contributed by atoms with Gasteiger partial charge in [-0.3, -0.25) is 14.2 Å². The molecule has 8 heteroatoms. The van der Waals surface area contributed by atoms with Crippen molar-refractivity contribution >= 4 is 27.8 Å². The Hall–Kier alpha value is -3.81. The lowest BCUT2D eigenvalue weighted by Crippen LogP contribution is -2.43. The van der Waals surface area contributed by atoms with Crippen molar-refractivity contribution in [1.82, 2.24) is 18.6 Å². The van der Waals surface area contributed by atoms with Gasteiger partial charge in [-0.1, -0.05) is 31.5 Å². The number of aromatic nitrogens is 3. The summed E-state index contributed by atoms with van der Waals surface area (Å²) in [5.41, 5.74) is 2.11. The first-order chi connectivity index (χ1) is 16.8. The summed E-state index contributed by atoms with van der Waals surface area (Å²) in [6.07, 6.45) is 1.65. The lowest BCUT2D eigenvalue weighted by atomic mass is 10.2. The molecule has 0 N–H and O–H groups in total. The van der Waals surface area contributed by atoms with Gasteiger partial charge in [0.25, 0.3) is 5.56 Å². The Morgan fingerprint density at radius 3 is 2.23 bits per heavy atom. The fourth-order valence-electron chi connectivity index (χ4n) is 4.66. The first-order valence-corrected chi connectivity index (χ1v) is 12.0. The standard InChI is InChI=1S/C27H32N4O4/c1-6-14-29(15-7-2)23(32)17-30-24-21-16-20(35-5)12-13-22(21)28(4)25(24)26(33)31(27(30)34)19-10-8-18(3)9-11-19/h8-13,16H,6-7,14-15,17H2,1-5H3. The smallest absolute Gasteiger partial charge is 0.336 e. The van der Waals surface area contributed by atoms with E-state index < -0.39 is 11.2 Å². The molecule has 0 saturated carbocycles. The number of methoxy groups -OCH3 is 1. The van der Waals surface area contributed by atoms with E-state index in [1.54, 1.807) is 35.8 Å². The van der Waals surface area contributed by atoms with Gasteiger partial charge in [-0.25, -0.2) is 9.36 Å². The van der Waals surface area contributed by atoms with Gasteiger partial charge in [0.15, 0.2) is 0 Å². The molecule has 35 heavy (non-hydrogen) atoms. The molecule has 4 rings (SSSR count). The zero-order valence-electron chi connectivity index (χ0n) is 21.0. The van der Waals surface area contributed by atoms with E-state index >= 15 is 0 Å². The van der Waals surface area contributed by atoms with Crippen LogP contribution in [-0.4, -0.2) is 44.7 Å². The molecule has 0 atom stereocenters. The van der Waals surface area contributed by atoms with E-state index in [2.05, 4.69) is 0 Å². The number of hydrogen-bond donors (Lipinski definition) is 0. The molecule has 0 saturated heterocycles. The van der Waals surface area contributed by atoms with Gasteiger partial charge in [0.1, 0.15) is 17.8 Å². The molecule has 8 nitrogen and oxygen atoms in total.